The van der Waals surface area contributed by atoms with Crippen LogP contribution in [0.15, 0.2) is 18.2 Å². The molecule has 0 saturated heterocycles. The van der Waals surface area contributed by atoms with Crippen molar-refractivity contribution < 1.29 is 9.18 Å². The lowest BCUT2D eigenvalue weighted by atomic mass is 10.0. The van der Waals surface area contributed by atoms with Gasteiger partial charge in [-0.15, -0.1) is 0 Å². The van der Waals surface area contributed by atoms with Gasteiger partial charge in [-0.1, -0.05) is 19.9 Å². The predicted molar refractivity (Wildman–Crippen MR) is 60.6 cm³/mol. The van der Waals surface area contributed by atoms with Crippen molar-refractivity contribution in [3.8, 4) is 0 Å². The number of aromatic nitrogens is 1. The SMILES string of the molecule is CC(C)C(C)N(C)C(=O)c1cccc(F)n1. The molecule has 1 unspecified atom stereocenters. The van der Waals surface area contributed by atoms with E-state index in [9.17, 15) is 9.18 Å². The zero-order valence-electron chi connectivity index (χ0n) is 10.1. The zero-order valence-corrected chi connectivity index (χ0v) is 10.1. The second-order valence-electron chi connectivity index (χ2n) is 4.25. The second-order valence-corrected chi connectivity index (χ2v) is 4.25. The Morgan fingerprint density at radius 1 is 1.38 bits per heavy atom. The van der Waals surface area contributed by atoms with Gasteiger partial charge in [0.1, 0.15) is 5.69 Å². The van der Waals surface area contributed by atoms with Crippen LogP contribution in [0.5, 0.6) is 0 Å². The van der Waals surface area contributed by atoms with Gasteiger partial charge >= 0.3 is 0 Å². The third-order valence-electron chi connectivity index (χ3n) is 2.83. The molecule has 0 aromatic carbocycles. The Bertz CT molecular complexity index is 379. The van der Waals surface area contributed by atoms with E-state index in [0.717, 1.165) is 0 Å². The summed E-state index contributed by atoms with van der Waals surface area (Å²) in [5, 5.41) is 0. The molecule has 0 saturated carbocycles. The van der Waals surface area contributed by atoms with Gasteiger partial charge in [0.15, 0.2) is 0 Å². The number of rotatable bonds is 3. The monoisotopic (exact) mass is 224 g/mol. The molecule has 1 aromatic rings. The molecule has 0 radical (unpaired) electrons. The Morgan fingerprint density at radius 3 is 2.50 bits per heavy atom. The first-order valence-electron chi connectivity index (χ1n) is 5.33. The topological polar surface area (TPSA) is 33.2 Å². The molecule has 0 aliphatic rings. The Balaban J connectivity index is 2.86. The van der Waals surface area contributed by atoms with Gasteiger partial charge in [-0.25, -0.2) is 4.98 Å². The summed E-state index contributed by atoms with van der Waals surface area (Å²) in [6, 6.07) is 4.33. The van der Waals surface area contributed by atoms with E-state index in [1.165, 1.54) is 18.2 Å². The van der Waals surface area contributed by atoms with Crippen molar-refractivity contribution in [3.63, 3.8) is 0 Å². The molecule has 0 N–H and O–H groups in total. The van der Waals surface area contributed by atoms with Crippen LogP contribution in [-0.2, 0) is 0 Å². The average Bonchev–Trinajstić information content (AvgIpc) is 2.26. The highest BCUT2D eigenvalue weighted by Gasteiger charge is 2.20. The quantitative estimate of drug-likeness (QED) is 0.738. The second kappa shape index (κ2) is 5.05. The van der Waals surface area contributed by atoms with Gasteiger partial charge in [0.25, 0.3) is 5.91 Å². The molecule has 88 valence electrons. The molecule has 1 heterocycles. The Kier molecular flexibility index (Phi) is 3.99. The highest BCUT2D eigenvalue weighted by molar-refractivity contribution is 5.92. The summed E-state index contributed by atoms with van der Waals surface area (Å²) < 4.78 is 12.9. The highest BCUT2D eigenvalue weighted by atomic mass is 19.1. The number of hydrogen-bond donors (Lipinski definition) is 0. The zero-order chi connectivity index (χ0) is 12.3. The van der Waals surface area contributed by atoms with E-state index in [-0.39, 0.29) is 17.6 Å². The van der Waals surface area contributed by atoms with Gasteiger partial charge in [0.2, 0.25) is 5.95 Å². The van der Waals surface area contributed by atoms with Crippen LogP contribution in [0.25, 0.3) is 0 Å². The number of amides is 1. The van der Waals surface area contributed by atoms with Gasteiger partial charge in [-0.2, -0.15) is 4.39 Å². The Morgan fingerprint density at radius 2 is 2.00 bits per heavy atom. The van der Waals surface area contributed by atoms with E-state index in [4.69, 9.17) is 0 Å². The maximum Gasteiger partial charge on any atom is 0.272 e. The largest absolute Gasteiger partial charge is 0.337 e. The molecule has 16 heavy (non-hydrogen) atoms. The molecular weight excluding hydrogens is 207 g/mol. The van der Waals surface area contributed by atoms with Crippen molar-refractivity contribution in [1.29, 1.82) is 0 Å². The van der Waals surface area contributed by atoms with Crippen molar-refractivity contribution >= 4 is 5.91 Å². The molecule has 3 nitrogen and oxygen atoms in total. The van der Waals surface area contributed by atoms with Gasteiger partial charge < -0.3 is 4.90 Å². The summed E-state index contributed by atoms with van der Waals surface area (Å²) in [7, 11) is 1.71. The summed E-state index contributed by atoms with van der Waals surface area (Å²) in [5.74, 6) is -0.528. The number of carbonyl (C=O) groups excluding carboxylic acids is 1. The van der Waals surface area contributed by atoms with Crippen LogP contribution < -0.4 is 0 Å². The molecule has 1 aromatic heterocycles. The fraction of sp³-hybridized carbons (Fsp3) is 0.500. The van der Waals surface area contributed by atoms with E-state index in [2.05, 4.69) is 4.98 Å². The Labute approximate surface area is 95.3 Å². The van der Waals surface area contributed by atoms with Gasteiger partial charge in [0.05, 0.1) is 0 Å². The van der Waals surface area contributed by atoms with Crippen LogP contribution in [0.1, 0.15) is 31.3 Å². The van der Waals surface area contributed by atoms with E-state index >= 15 is 0 Å². The van der Waals surface area contributed by atoms with E-state index in [0.29, 0.717) is 5.92 Å². The molecule has 4 heteroatoms. The van der Waals surface area contributed by atoms with Crippen molar-refractivity contribution in [2.24, 2.45) is 5.92 Å². The third kappa shape index (κ3) is 2.78. The fourth-order valence-corrected chi connectivity index (χ4v) is 1.34. The summed E-state index contributed by atoms with van der Waals surface area (Å²) in [4.78, 5) is 17.1. The minimum atomic E-state index is -0.628. The van der Waals surface area contributed by atoms with Gasteiger partial charge in [-0.05, 0) is 25.0 Å². The summed E-state index contributed by atoms with van der Waals surface area (Å²) in [5.41, 5.74) is 0.148. The molecular formula is C12H17FN2O. The standard InChI is InChI=1S/C12H17FN2O/c1-8(2)9(3)15(4)12(16)10-6-5-7-11(13)14-10/h5-9H,1-4H3. The maximum absolute atomic E-state index is 12.9. The van der Waals surface area contributed by atoms with Crippen molar-refractivity contribution in [1.82, 2.24) is 9.88 Å². The molecule has 0 bridgehead atoms. The third-order valence-corrected chi connectivity index (χ3v) is 2.83. The van der Waals surface area contributed by atoms with E-state index in [1.807, 2.05) is 20.8 Å². The predicted octanol–water partition coefficient (Wildman–Crippen LogP) is 2.34. The lowest BCUT2D eigenvalue weighted by Gasteiger charge is -2.27. The van der Waals surface area contributed by atoms with Crippen LogP contribution >= 0.6 is 0 Å². The molecule has 0 aliphatic heterocycles. The highest BCUT2D eigenvalue weighted by Crippen LogP contribution is 2.11. The fourth-order valence-electron chi connectivity index (χ4n) is 1.34. The normalized spacial score (nSPS) is 12.6. The number of nitrogens with zero attached hydrogens (tertiary/aromatic N) is 2. The maximum atomic E-state index is 12.9. The molecule has 0 aliphatic carbocycles. The molecule has 1 atom stereocenters. The number of hydrogen-bond acceptors (Lipinski definition) is 2. The number of pyridine rings is 1. The summed E-state index contributed by atoms with van der Waals surface area (Å²) in [6.45, 7) is 6.03. The summed E-state index contributed by atoms with van der Waals surface area (Å²) >= 11 is 0. The first-order valence-corrected chi connectivity index (χ1v) is 5.33. The van der Waals surface area contributed by atoms with Crippen LogP contribution in [0, 0.1) is 11.9 Å². The molecule has 0 fully saturated rings. The smallest absolute Gasteiger partial charge is 0.272 e. The molecule has 1 amide bonds. The average molecular weight is 224 g/mol. The van der Waals surface area contributed by atoms with Crippen LogP contribution in [-0.4, -0.2) is 28.9 Å². The first kappa shape index (κ1) is 12.6. The lowest BCUT2D eigenvalue weighted by Crippen LogP contribution is -2.38. The van der Waals surface area contributed by atoms with E-state index < -0.39 is 5.95 Å². The van der Waals surface area contributed by atoms with Crippen molar-refractivity contribution in [3.05, 3.63) is 29.8 Å². The molecule has 0 spiro atoms. The van der Waals surface area contributed by atoms with Crippen molar-refractivity contribution in [2.45, 2.75) is 26.8 Å². The minimum Gasteiger partial charge on any atom is -0.337 e. The van der Waals surface area contributed by atoms with Crippen LogP contribution in [0.3, 0.4) is 0 Å². The number of halogens is 1. The number of carbonyl (C=O) groups is 1. The first-order chi connectivity index (χ1) is 7.43. The van der Waals surface area contributed by atoms with Gasteiger partial charge in [-0.3, -0.25) is 4.79 Å². The lowest BCUT2D eigenvalue weighted by molar-refractivity contribution is 0.0700. The molecule has 1 rings (SSSR count). The summed E-state index contributed by atoms with van der Waals surface area (Å²) in [6.07, 6.45) is 0. The van der Waals surface area contributed by atoms with Crippen LogP contribution in [0.2, 0.25) is 0 Å². The van der Waals surface area contributed by atoms with Crippen molar-refractivity contribution in [2.75, 3.05) is 7.05 Å². The Hall–Kier alpha value is -1.45. The van der Waals surface area contributed by atoms with E-state index in [1.54, 1.807) is 11.9 Å². The van der Waals surface area contributed by atoms with Crippen LogP contribution in [0.4, 0.5) is 4.39 Å². The minimum absolute atomic E-state index is 0.0950. The van der Waals surface area contributed by atoms with Gasteiger partial charge in [0, 0.05) is 13.1 Å².